The van der Waals surface area contributed by atoms with Gasteiger partial charge in [0.25, 0.3) is 10.0 Å². The largest absolute Gasteiger partial charge is 0.496 e. The summed E-state index contributed by atoms with van der Waals surface area (Å²) in [5.41, 5.74) is 2.09. The van der Waals surface area contributed by atoms with E-state index in [4.69, 9.17) is 16.3 Å². The Bertz CT molecular complexity index is 1160. The first-order chi connectivity index (χ1) is 14.0. The van der Waals surface area contributed by atoms with E-state index in [1.165, 1.54) is 4.41 Å². The van der Waals surface area contributed by atoms with Crippen molar-refractivity contribution in [2.75, 3.05) is 7.11 Å². The fourth-order valence-electron chi connectivity index (χ4n) is 3.44. The molecule has 0 spiro atoms. The smallest absolute Gasteiger partial charge is 0.279 e. The van der Waals surface area contributed by atoms with Crippen molar-refractivity contribution in [3.05, 3.63) is 95.0 Å². The lowest BCUT2D eigenvalue weighted by Crippen LogP contribution is -2.27. The van der Waals surface area contributed by atoms with E-state index in [0.717, 1.165) is 11.1 Å². The number of nitrogens with zero attached hydrogens (tertiary/aromatic N) is 2. The van der Waals surface area contributed by atoms with Crippen molar-refractivity contribution in [2.24, 2.45) is 5.10 Å². The van der Waals surface area contributed by atoms with Crippen molar-refractivity contribution >= 4 is 27.3 Å². The van der Waals surface area contributed by atoms with Gasteiger partial charge in [0.05, 0.1) is 23.8 Å². The number of halogens is 1. The summed E-state index contributed by atoms with van der Waals surface area (Å²) in [6, 6.07) is 22.5. The maximum absolute atomic E-state index is 13.4. The molecule has 1 heterocycles. The first-order valence-corrected chi connectivity index (χ1v) is 10.9. The molecular weight excluding hydrogens is 408 g/mol. The number of methoxy groups -OCH3 is 1. The van der Waals surface area contributed by atoms with Crippen LogP contribution in [-0.2, 0) is 10.0 Å². The van der Waals surface area contributed by atoms with Crippen LogP contribution in [0, 0.1) is 0 Å². The number of ether oxygens (including phenoxy) is 1. The molecule has 3 aromatic rings. The van der Waals surface area contributed by atoms with E-state index in [1.54, 1.807) is 43.5 Å². The van der Waals surface area contributed by atoms with Crippen LogP contribution >= 0.6 is 11.6 Å². The van der Waals surface area contributed by atoms with Crippen LogP contribution in [0.4, 0.5) is 0 Å². The topological polar surface area (TPSA) is 59.0 Å². The standard InChI is InChI=1S/C22H19ClN2O3S/c1-28-22-14-8-6-12-18(22)21-15-20(17-11-5-7-13-19(17)23)24-25(21)29(26,27)16-9-3-2-4-10-16/h2-14,21H,15H2,1H3. The summed E-state index contributed by atoms with van der Waals surface area (Å²) in [5, 5.41) is 5.05. The van der Waals surface area contributed by atoms with E-state index in [9.17, 15) is 8.42 Å². The fraction of sp³-hybridized carbons (Fsp3) is 0.136. The van der Waals surface area contributed by atoms with Gasteiger partial charge in [-0.25, -0.2) is 0 Å². The molecule has 5 nitrogen and oxygen atoms in total. The van der Waals surface area contributed by atoms with Gasteiger partial charge in [0.1, 0.15) is 5.75 Å². The number of sulfonamides is 1. The molecule has 7 heteroatoms. The summed E-state index contributed by atoms with van der Waals surface area (Å²) < 4.78 is 33.5. The highest BCUT2D eigenvalue weighted by molar-refractivity contribution is 7.89. The third-order valence-electron chi connectivity index (χ3n) is 4.84. The zero-order valence-corrected chi connectivity index (χ0v) is 17.3. The van der Waals surface area contributed by atoms with Crippen molar-refractivity contribution in [1.82, 2.24) is 4.41 Å². The molecule has 1 unspecified atom stereocenters. The molecule has 0 aromatic heterocycles. The predicted octanol–water partition coefficient (Wildman–Crippen LogP) is 4.89. The van der Waals surface area contributed by atoms with E-state index in [1.807, 2.05) is 42.5 Å². The SMILES string of the molecule is COc1ccccc1C1CC(c2ccccc2Cl)=NN1S(=O)(=O)c1ccccc1. The van der Waals surface area contributed by atoms with Crippen molar-refractivity contribution in [3.63, 3.8) is 0 Å². The quantitative estimate of drug-likeness (QED) is 0.583. The zero-order valence-electron chi connectivity index (χ0n) is 15.7. The van der Waals surface area contributed by atoms with Gasteiger partial charge in [-0.15, -0.1) is 0 Å². The van der Waals surface area contributed by atoms with Gasteiger partial charge in [0, 0.05) is 22.6 Å². The summed E-state index contributed by atoms with van der Waals surface area (Å²) >= 11 is 6.36. The van der Waals surface area contributed by atoms with Gasteiger partial charge in [0.2, 0.25) is 0 Å². The lowest BCUT2D eigenvalue weighted by atomic mass is 9.98. The molecule has 148 valence electrons. The molecule has 3 aromatic carbocycles. The maximum atomic E-state index is 13.4. The Morgan fingerprint density at radius 1 is 0.966 bits per heavy atom. The number of rotatable bonds is 5. The second kappa shape index (κ2) is 7.89. The predicted molar refractivity (Wildman–Crippen MR) is 114 cm³/mol. The molecule has 0 saturated carbocycles. The van der Waals surface area contributed by atoms with E-state index in [2.05, 4.69) is 5.10 Å². The Labute approximate surface area is 175 Å². The molecular formula is C22H19ClN2O3S. The Balaban J connectivity index is 1.86. The van der Waals surface area contributed by atoms with Crippen LogP contribution in [0.15, 0.2) is 88.9 Å². The number of hydrogen-bond acceptors (Lipinski definition) is 4. The van der Waals surface area contributed by atoms with Crippen LogP contribution in [0.3, 0.4) is 0 Å². The molecule has 0 fully saturated rings. The van der Waals surface area contributed by atoms with E-state index < -0.39 is 16.1 Å². The number of benzene rings is 3. The van der Waals surface area contributed by atoms with Crippen LogP contribution in [0.5, 0.6) is 5.75 Å². The van der Waals surface area contributed by atoms with Gasteiger partial charge >= 0.3 is 0 Å². The highest BCUT2D eigenvalue weighted by Crippen LogP contribution is 2.41. The van der Waals surface area contributed by atoms with Crippen molar-refractivity contribution in [3.8, 4) is 5.75 Å². The molecule has 0 saturated heterocycles. The molecule has 4 rings (SSSR count). The van der Waals surface area contributed by atoms with Crippen LogP contribution in [0.25, 0.3) is 0 Å². The normalized spacial score (nSPS) is 16.6. The Morgan fingerprint density at radius 3 is 2.34 bits per heavy atom. The van der Waals surface area contributed by atoms with Gasteiger partial charge in [0.15, 0.2) is 0 Å². The molecule has 0 aliphatic carbocycles. The number of hydrazone groups is 1. The first-order valence-electron chi connectivity index (χ1n) is 9.07. The van der Waals surface area contributed by atoms with Crippen LogP contribution in [0.1, 0.15) is 23.6 Å². The molecule has 0 amide bonds. The Hall–Kier alpha value is -2.83. The first kappa shape index (κ1) is 19.5. The van der Waals surface area contributed by atoms with Gasteiger partial charge in [-0.1, -0.05) is 66.2 Å². The molecule has 1 aliphatic heterocycles. The van der Waals surface area contributed by atoms with Gasteiger partial charge in [-0.2, -0.15) is 17.9 Å². The number of hydrogen-bond donors (Lipinski definition) is 0. The van der Waals surface area contributed by atoms with Crippen molar-refractivity contribution in [1.29, 1.82) is 0 Å². The van der Waals surface area contributed by atoms with Gasteiger partial charge < -0.3 is 4.74 Å². The third-order valence-corrected chi connectivity index (χ3v) is 6.87. The van der Waals surface area contributed by atoms with Gasteiger partial charge in [-0.3, -0.25) is 0 Å². The number of para-hydroxylation sites is 1. The van der Waals surface area contributed by atoms with Crippen molar-refractivity contribution < 1.29 is 13.2 Å². The Morgan fingerprint density at radius 2 is 1.62 bits per heavy atom. The third kappa shape index (κ3) is 3.61. The van der Waals surface area contributed by atoms with Crippen LogP contribution < -0.4 is 4.74 Å². The molecule has 1 aliphatic rings. The molecule has 0 radical (unpaired) electrons. The maximum Gasteiger partial charge on any atom is 0.279 e. The molecule has 1 atom stereocenters. The fourth-order valence-corrected chi connectivity index (χ4v) is 5.13. The monoisotopic (exact) mass is 426 g/mol. The lowest BCUT2D eigenvalue weighted by molar-refractivity contribution is 0.350. The van der Waals surface area contributed by atoms with Crippen molar-refractivity contribution in [2.45, 2.75) is 17.4 Å². The summed E-state index contributed by atoms with van der Waals surface area (Å²) in [4.78, 5) is 0.184. The average Bonchev–Trinajstić information content (AvgIpc) is 3.20. The molecule has 29 heavy (non-hydrogen) atoms. The summed E-state index contributed by atoms with van der Waals surface area (Å²) in [5.74, 6) is 0.612. The summed E-state index contributed by atoms with van der Waals surface area (Å²) in [6.07, 6.45) is 0.385. The molecule has 0 bridgehead atoms. The summed E-state index contributed by atoms with van der Waals surface area (Å²) in [6.45, 7) is 0. The molecule has 0 N–H and O–H groups in total. The average molecular weight is 427 g/mol. The minimum atomic E-state index is -3.87. The highest BCUT2D eigenvalue weighted by Gasteiger charge is 2.39. The lowest BCUT2D eigenvalue weighted by Gasteiger charge is -2.24. The minimum absolute atomic E-state index is 0.184. The minimum Gasteiger partial charge on any atom is -0.496 e. The van der Waals surface area contributed by atoms with Gasteiger partial charge in [-0.05, 0) is 24.3 Å². The summed E-state index contributed by atoms with van der Waals surface area (Å²) in [7, 11) is -2.30. The van der Waals surface area contributed by atoms with E-state index in [-0.39, 0.29) is 4.90 Å². The zero-order chi connectivity index (χ0) is 20.4. The van der Waals surface area contributed by atoms with Crippen LogP contribution in [0.2, 0.25) is 5.02 Å². The van der Waals surface area contributed by atoms with E-state index in [0.29, 0.717) is 22.9 Å². The Kier molecular flexibility index (Phi) is 5.30. The van der Waals surface area contributed by atoms with E-state index >= 15 is 0 Å². The highest BCUT2D eigenvalue weighted by atomic mass is 35.5. The second-order valence-electron chi connectivity index (χ2n) is 6.58. The second-order valence-corrected chi connectivity index (χ2v) is 8.78. The van der Waals surface area contributed by atoms with Crippen LogP contribution in [-0.4, -0.2) is 25.7 Å².